The molecule has 0 saturated carbocycles. The Labute approximate surface area is 125 Å². The molecular weight excluding hydrogens is 275 g/mol. The van der Waals surface area contributed by atoms with Gasteiger partial charge in [-0.1, -0.05) is 35.9 Å². The van der Waals surface area contributed by atoms with Crippen LogP contribution in [0.3, 0.4) is 0 Å². The SMILES string of the molecule is Cc1ccc(CC(Cl)c2cc(Cl)ccc2C)cc1C. The quantitative estimate of drug-likeness (QED) is 0.628. The first-order valence-corrected chi connectivity index (χ1v) is 7.25. The van der Waals surface area contributed by atoms with Gasteiger partial charge in [-0.3, -0.25) is 0 Å². The Balaban J connectivity index is 2.22. The topological polar surface area (TPSA) is 0 Å². The molecule has 0 nitrogen and oxygen atoms in total. The Morgan fingerprint density at radius 2 is 1.58 bits per heavy atom. The average Bonchev–Trinajstić information content (AvgIpc) is 2.36. The van der Waals surface area contributed by atoms with Gasteiger partial charge in [0.25, 0.3) is 0 Å². The van der Waals surface area contributed by atoms with E-state index < -0.39 is 0 Å². The summed E-state index contributed by atoms with van der Waals surface area (Å²) < 4.78 is 0. The Hall–Kier alpha value is -0.980. The molecule has 0 aliphatic carbocycles. The summed E-state index contributed by atoms with van der Waals surface area (Å²) in [7, 11) is 0. The largest absolute Gasteiger partial charge is 0.117 e. The molecule has 2 rings (SSSR count). The van der Waals surface area contributed by atoms with E-state index in [0.29, 0.717) is 0 Å². The van der Waals surface area contributed by atoms with Crippen LogP contribution in [0.25, 0.3) is 0 Å². The van der Waals surface area contributed by atoms with Crippen molar-refractivity contribution in [2.45, 2.75) is 32.6 Å². The summed E-state index contributed by atoms with van der Waals surface area (Å²) in [6, 6.07) is 12.4. The zero-order valence-electron chi connectivity index (χ0n) is 11.5. The van der Waals surface area contributed by atoms with Gasteiger partial charge in [-0.2, -0.15) is 0 Å². The summed E-state index contributed by atoms with van der Waals surface area (Å²) in [5, 5.41) is 0.701. The maximum absolute atomic E-state index is 6.55. The Morgan fingerprint density at radius 1 is 0.895 bits per heavy atom. The lowest BCUT2D eigenvalue weighted by Crippen LogP contribution is -1.99. The second-order valence-corrected chi connectivity index (χ2v) is 6.05. The summed E-state index contributed by atoms with van der Waals surface area (Å²) in [5.41, 5.74) is 6.20. The van der Waals surface area contributed by atoms with Crippen LogP contribution in [0.2, 0.25) is 5.02 Å². The molecule has 0 bridgehead atoms. The molecule has 0 radical (unpaired) electrons. The minimum absolute atomic E-state index is 0.0409. The Morgan fingerprint density at radius 3 is 2.26 bits per heavy atom. The van der Waals surface area contributed by atoms with E-state index in [2.05, 4.69) is 39.0 Å². The fourth-order valence-electron chi connectivity index (χ4n) is 2.20. The van der Waals surface area contributed by atoms with Crippen molar-refractivity contribution in [2.75, 3.05) is 0 Å². The zero-order valence-corrected chi connectivity index (χ0v) is 13.0. The van der Waals surface area contributed by atoms with Gasteiger partial charge in [-0.05, 0) is 67.1 Å². The highest BCUT2D eigenvalue weighted by Gasteiger charge is 2.12. The molecule has 0 aliphatic rings. The van der Waals surface area contributed by atoms with E-state index in [1.54, 1.807) is 0 Å². The van der Waals surface area contributed by atoms with Crippen molar-refractivity contribution >= 4 is 23.2 Å². The minimum atomic E-state index is -0.0409. The lowest BCUT2D eigenvalue weighted by atomic mass is 9.98. The lowest BCUT2D eigenvalue weighted by molar-refractivity contribution is 0.907. The zero-order chi connectivity index (χ0) is 14.0. The van der Waals surface area contributed by atoms with Gasteiger partial charge >= 0.3 is 0 Å². The molecule has 0 heterocycles. The molecule has 0 spiro atoms. The second-order valence-electron chi connectivity index (χ2n) is 5.09. The summed E-state index contributed by atoms with van der Waals surface area (Å²) >= 11 is 12.6. The van der Waals surface area contributed by atoms with Crippen LogP contribution < -0.4 is 0 Å². The van der Waals surface area contributed by atoms with Crippen LogP contribution in [0.15, 0.2) is 36.4 Å². The number of rotatable bonds is 3. The third-order valence-corrected chi connectivity index (χ3v) is 4.19. The van der Waals surface area contributed by atoms with E-state index in [1.165, 1.54) is 22.3 Å². The van der Waals surface area contributed by atoms with E-state index in [0.717, 1.165) is 17.0 Å². The van der Waals surface area contributed by atoms with Crippen LogP contribution in [-0.2, 0) is 6.42 Å². The highest BCUT2D eigenvalue weighted by Crippen LogP contribution is 2.30. The predicted molar refractivity (Wildman–Crippen MR) is 84.4 cm³/mol. The normalized spacial score (nSPS) is 12.5. The number of halogens is 2. The number of alkyl halides is 1. The van der Waals surface area contributed by atoms with E-state index in [9.17, 15) is 0 Å². The summed E-state index contributed by atoms with van der Waals surface area (Å²) in [6.07, 6.45) is 0.823. The second kappa shape index (κ2) is 5.98. The van der Waals surface area contributed by atoms with Crippen LogP contribution >= 0.6 is 23.2 Å². The molecule has 0 amide bonds. The van der Waals surface area contributed by atoms with Crippen LogP contribution in [0, 0.1) is 20.8 Å². The number of hydrogen-bond donors (Lipinski definition) is 0. The molecule has 1 unspecified atom stereocenters. The predicted octanol–water partition coefficient (Wildman–Crippen LogP) is 5.79. The fraction of sp³-hybridized carbons (Fsp3) is 0.294. The molecule has 100 valence electrons. The van der Waals surface area contributed by atoms with Crippen molar-refractivity contribution in [1.29, 1.82) is 0 Å². The molecule has 0 aromatic heterocycles. The molecule has 1 atom stereocenters. The third kappa shape index (κ3) is 3.52. The molecule has 0 saturated heterocycles. The van der Waals surface area contributed by atoms with Gasteiger partial charge in [0.1, 0.15) is 0 Å². The molecule has 2 aromatic rings. The third-order valence-electron chi connectivity index (χ3n) is 3.56. The van der Waals surface area contributed by atoms with Crippen molar-refractivity contribution in [3.63, 3.8) is 0 Å². The maximum Gasteiger partial charge on any atom is 0.0628 e. The Bertz CT molecular complexity index is 588. The van der Waals surface area contributed by atoms with Crippen LogP contribution in [-0.4, -0.2) is 0 Å². The van der Waals surface area contributed by atoms with Gasteiger partial charge in [-0.25, -0.2) is 0 Å². The van der Waals surface area contributed by atoms with Gasteiger partial charge in [0, 0.05) is 5.02 Å². The molecular formula is C17H18Cl2. The van der Waals surface area contributed by atoms with Gasteiger partial charge in [0.2, 0.25) is 0 Å². The van der Waals surface area contributed by atoms with Gasteiger partial charge in [0.05, 0.1) is 5.38 Å². The van der Waals surface area contributed by atoms with Crippen molar-refractivity contribution in [3.05, 3.63) is 69.2 Å². The smallest absolute Gasteiger partial charge is 0.0628 e. The number of aryl methyl sites for hydroxylation is 3. The number of hydrogen-bond acceptors (Lipinski definition) is 0. The highest BCUT2D eigenvalue weighted by molar-refractivity contribution is 6.30. The highest BCUT2D eigenvalue weighted by atomic mass is 35.5. The Kier molecular flexibility index (Phi) is 4.54. The van der Waals surface area contributed by atoms with Gasteiger partial charge in [-0.15, -0.1) is 11.6 Å². The first-order valence-electron chi connectivity index (χ1n) is 6.43. The van der Waals surface area contributed by atoms with Crippen LogP contribution in [0.1, 0.15) is 33.2 Å². The van der Waals surface area contributed by atoms with E-state index >= 15 is 0 Å². The van der Waals surface area contributed by atoms with Gasteiger partial charge < -0.3 is 0 Å². The number of benzene rings is 2. The maximum atomic E-state index is 6.55. The molecule has 0 aliphatic heterocycles. The summed E-state index contributed by atoms with van der Waals surface area (Å²) in [6.45, 7) is 6.33. The first kappa shape index (κ1) is 14.4. The van der Waals surface area contributed by atoms with Crippen molar-refractivity contribution < 1.29 is 0 Å². The first-order chi connectivity index (χ1) is 8.97. The minimum Gasteiger partial charge on any atom is -0.117 e. The van der Waals surface area contributed by atoms with E-state index in [-0.39, 0.29) is 5.38 Å². The van der Waals surface area contributed by atoms with Crippen LogP contribution in [0.5, 0.6) is 0 Å². The molecule has 0 N–H and O–H groups in total. The van der Waals surface area contributed by atoms with E-state index in [1.807, 2.05) is 18.2 Å². The summed E-state index contributed by atoms with van der Waals surface area (Å²) in [4.78, 5) is 0. The molecule has 2 aromatic carbocycles. The average molecular weight is 293 g/mol. The molecule has 0 fully saturated rings. The molecule has 19 heavy (non-hydrogen) atoms. The monoisotopic (exact) mass is 292 g/mol. The van der Waals surface area contributed by atoms with Crippen LogP contribution in [0.4, 0.5) is 0 Å². The fourth-order valence-corrected chi connectivity index (χ4v) is 2.79. The van der Waals surface area contributed by atoms with Crippen molar-refractivity contribution in [3.8, 4) is 0 Å². The van der Waals surface area contributed by atoms with Crippen molar-refractivity contribution in [2.24, 2.45) is 0 Å². The van der Waals surface area contributed by atoms with Crippen molar-refractivity contribution in [1.82, 2.24) is 0 Å². The summed E-state index contributed by atoms with van der Waals surface area (Å²) in [5.74, 6) is 0. The lowest BCUT2D eigenvalue weighted by Gasteiger charge is -2.14. The molecule has 2 heteroatoms. The van der Waals surface area contributed by atoms with E-state index in [4.69, 9.17) is 23.2 Å². The standard InChI is InChI=1S/C17H18Cl2/c1-11-4-6-14(8-13(11)3)9-17(19)16-10-15(18)7-5-12(16)2/h4-8,10,17H,9H2,1-3H3. The van der Waals surface area contributed by atoms with Gasteiger partial charge in [0.15, 0.2) is 0 Å².